The predicted molar refractivity (Wildman–Crippen MR) is 80.2 cm³/mol. The number of nitrogens with zero attached hydrogens (tertiary/aromatic N) is 1. The van der Waals surface area contributed by atoms with Crippen LogP contribution in [0.25, 0.3) is 0 Å². The number of carbonyl (C=O) groups is 1. The fraction of sp³-hybridized carbons (Fsp3) is 0.562. The van der Waals surface area contributed by atoms with Crippen molar-refractivity contribution in [1.29, 1.82) is 0 Å². The van der Waals surface area contributed by atoms with E-state index in [0.717, 1.165) is 25.9 Å². The summed E-state index contributed by atoms with van der Waals surface area (Å²) in [5.74, 6) is 0.643. The van der Waals surface area contributed by atoms with Crippen LogP contribution < -0.4 is 0 Å². The lowest BCUT2D eigenvalue weighted by molar-refractivity contribution is -0.131. The van der Waals surface area contributed by atoms with Crippen LogP contribution in [0.5, 0.6) is 0 Å². The molecule has 1 aliphatic heterocycles. The van der Waals surface area contributed by atoms with Crippen molar-refractivity contribution in [2.45, 2.75) is 45.4 Å². The largest absolute Gasteiger partial charge is 0.338 e. The lowest BCUT2D eigenvalue weighted by Crippen LogP contribution is -2.26. The van der Waals surface area contributed by atoms with E-state index in [0.29, 0.717) is 5.91 Å². The molecule has 1 fully saturated rings. The van der Waals surface area contributed by atoms with Crippen LogP contribution in [0.1, 0.15) is 31.2 Å². The fourth-order valence-corrected chi connectivity index (χ4v) is 2.77. The van der Waals surface area contributed by atoms with Crippen molar-refractivity contribution in [3.63, 3.8) is 0 Å². The zero-order valence-corrected chi connectivity index (χ0v) is 11.8. The first-order chi connectivity index (χ1) is 9.31. The summed E-state index contributed by atoms with van der Waals surface area (Å²) in [5, 5.41) is 0. The molecule has 1 amide bonds. The smallest absolute Gasteiger partial charge is 0.226 e. The Morgan fingerprint density at radius 3 is 2.79 bits per heavy atom. The van der Waals surface area contributed by atoms with E-state index in [9.17, 15) is 4.79 Å². The minimum absolute atomic E-state index is 0.278. The molecule has 0 aromatic heterocycles. The summed E-state index contributed by atoms with van der Waals surface area (Å²) in [7, 11) is 2.21. The molecule has 0 spiro atoms. The molecule has 1 aromatic carbocycles. The average Bonchev–Trinajstić information content (AvgIpc) is 2.78. The molecule has 1 saturated heterocycles. The highest BCUT2D eigenvalue weighted by molar-refractivity contribution is 6.33. The third-order valence-corrected chi connectivity index (χ3v) is 3.92. The number of hydrogen-bond donors (Lipinski definition) is 0. The molecule has 1 aliphatic rings. The van der Waals surface area contributed by atoms with Gasteiger partial charge in [0.25, 0.3) is 0 Å². The first kappa shape index (κ1) is 14.2. The molecule has 0 N–H and O–H groups in total. The molecule has 0 bridgehead atoms. The molecule has 1 heterocycles. The average molecular weight is 256 g/mol. The number of hydrogen-bond acceptors (Lipinski definition) is 1. The Morgan fingerprint density at radius 2 is 2.05 bits per heavy atom. The van der Waals surface area contributed by atoms with Gasteiger partial charge < -0.3 is 4.90 Å². The van der Waals surface area contributed by atoms with Crippen molar-refractivity contribution >= 4 is 13.2 Å². The molecule has 2 nitrogen and oxygen atoms in total. The highest BCUT2D eigenvalue weighted by atomic mass is 16.2. The van der Waals surface area contributed by atoms with Crippen LogP contribution in [0.2, 0.25) is 13.1 Å². The number of amides is 1. The van der Waals surface area contributed by atoms with Crippen molar-refractivity contribution in [3.05, 3.63) is 35.9 Å². The summed E-state index contributed by atoms with van der Waals surface area (Å²) in [6, 6.07) is 10.3. The first-order valence-electron chi connectivity index (χ1n) is 7.42. The van der Waals surface area contributed by atoms with Crippen LogP contribution >= 0.6 is 0 Å². The van der Waals surface area contributed by atoms with E-state index in [1.165, 1.54) is 24.7 Å². The number of benzene rings is 1. The quantitative estimate of drug-likeness (QED) is 0.541. The Bertz CT molecular complexity index is 393. The molecule has 2 rings (SSSR count). The van der Waals surface area contributed by atoms with Crippen LogP contribution in [0.4, 0.5) is 0 Å². The third-order valence-electron chi connectivity index (χ3n) is 3.92. The van der Waals surface area contributed by atoms with Crippen LogP contribution in [0.15, 0.2) is 30.3 Å². The van der Waals surface area contributed by atoms with Crippen LogP contribution in [-0.2, 0) is 11.3 Å². The van der Waals surface area contributed by atoms with Gasteiger partial charge in [0.15, 0.2) is 0 Å². The highest BCUT2D eigenvalue weighted by Gasteiger charge is 2.30. The van der Waals surface area contributed by atoms with E-state index < -0.39 is 0 Å². The van der Waals surface area contributed by atoms with Crippen molar-refractivity contribution in [2.75, 3.05) is 6.54 Å². The Kier molecular flexibility index (Phi) is 5.50. The van der Waals surface area contributed by atoms with Gasteiger partial charge in [-0.1, -0.05) is 56.3 Å². The van der Waals surface area contributed by atoms with E-state index in [-0.39, 0.29) is 5.92 Å². The van der Waals surface area contributed by atoms with Crippen molar-refractivity contribution in [1.82, 2.24) is 4.90 Å². The lowest BCUT2D eigenvalue weighted by atomic mass is 9.76. The maximum Gasteiger partial charge on any atom is 0.226 e. The first-order valence-corrected chi connectivity index (χ1v) is 7.42. The number of unbranched alkanes of at least 4 members (excludes halogenated alkanes) is 1. The van der Waals surface area contributed by atoms with Gasteiger partial charge in [-0.15, -0.1) is 0 Å². The standard InChI is InChI=1S/C16H23BNO/c1-17-11-6-5-9-15-10-12-18(16(15)19)13-14-7-3-2-4-8-14/h2-4,7-8,15H,5-6,9-13H2,1H3. The maximum atomic E-state index is 12.3. The van der Waals surface area contributed by atoms with Crippen molar-refractivity contribution in [3.8, 4) is 0 Å². The Balaban J connectivity index is 1.78. The topological polar surface area (TPSA) is 20.3 Å². The summed E-state index contributed by atoms with van der Waals surface area (Å²) in [4.78, 5) is 14.3. The SMILES string of the molecule is C[B]CCCCC1CCN(Cc2ccccc2)C1=O. The van der Waals surface area contributed by atoms with Gasteiger partial charge in [-0.3, -0.25) is 4.79 Å². The molecule has 1 radical (unpaired) electrons. The zero-order valence-electron chi connectivity index (χ0n) is 11.8. The van der Waals surface area contributed by atoms with Crippen LogP contribution in [0, 0.1) is 5.92 Å². The second kappa shape index (κ2) is 7.37. The minimum atomic E-state index is 0.278. The number of rotatable bonds is 7. The van der Waals surface area contributed by atoms with Gasteiger partial charge in [0, 0.05) is 19.0 Å². The molecule has 1 unspecified atom stereocenters. The Labute approximate surface area is 117 Å². The van der Waals surface area contributed by atoms with Crippen molar-refractivity contribution < 1.29 is 4.79 Å². The predicted octanol–water partition coefficient (Wildman–Crippen LogP) is 3.38. The van der Waals surface area contributed by atoms with E-state index >= 15 is 0 Å². The minimum Gasteiger partial charge on any atom is -0.338 e. The van der Waals surface area contributed by atoms with Gasteiger partial charge in [-0.2, -0.15) is 0 Å². The zero-order chi connectivity index (χ0) is 13.5. The molecule has 1 atom stereocenters. The molecule has 19 heavy (non-hydrogen) atoms. The van der Waals surface area contributed by atoms with Gasteiger partial charge in [-0.05, 0) is 18.4 Å². The molecule has 101 valence electrons. The van der Waals surface area contributed by atoms with E-state index in [1.807, 2.05) is 23.1 Å². The lowest BCUT2D eigenvalue weighted by Gasteiger charge is -2.16. The number of carbonyl (C=O) groups excluding carboxylic acids is 1. The molecular formula is C16H23BNO. The van der Waals surface area contributed by atoms with E-state index in [4.69, 9.17) is 0 Å². The van der Waals surface area contributed by atoms with E-state index in [2.05, 4.69) is 26.2 Å². The second-order valence-corrected chi connectivity index (χ2v) is 5.42. The normalized spacial score (nSPS) is 18.9. The van der Waals surface area contributed by atoms with Gasteiger partial charge >= 0.3 is 0 Å². The summed E-state index contributed by atoms with van der Waals surface area (Å²) in [6.07, 6.45) is 5.69. The maximum absolute atomic E-state index is 12.3. The van der Waals surface area contributed by atoms with Gasteiger partial charge in [0.05, 0.1) is 0 Å². The van der Waals surface area contributed by atoms with Crippen LogP contribution in [-0.4, -0.2) is 24.6 Å². The van der Waals surface area contributed by atoms with Gasteiger partial charge in [-0.25, -0.2) is 0 Å². The number of likely N-dealkylation sites (tertiary alicyclic amines) is 1. The van der Waals surface area contributed by atoms with Gasteiger partial charge in [0.2, 0.25) is 5.91 Å². The Morgan fingerprint density at radius 1 is 1.26 bits per heavy atom. The van der Waals surface area contributed by atoms with Gasteiger partial charge in [0.1, 0.15) is 7.28 Å². The third kappa shape index (κ3) is 4.12. The molecular weight excluding hydrogens is 233 g/mol. The summed E-state index contributed by atoms with van der Waals surface area (Å²) in [5.41, 5.74) is 1.23. The summed E-state index contributed by atoms with van der Waals surface area (Å²) >= 11 is 0. The molecule has 1 aromatic rings. The summed E-state index contributed by atoms with van der Waals surface area (Å²) in [6.45, 7) is 3.81. The molecule has 3 heteroatoms. The fourth-order valence-electron chi connectivity index (χ4n) is 2.77. The molecule has 0 saturated carbocycles. The highest BCUT2D eigenvalue weighted by Crippen LogP contribution is 2.25. The monoisotopic (exact) mass is 256 g/mol. The summed E-state index contributed by atoms with van der Waals surface area (Å²) < 4.78 is 0. The molecule has 0 aliphatic carbocycles. The second-order valence-electron chi connectivity index (χ2n) is 5.42. The van der Waals surface area contributed by atoms with Crippen LogP contribution in [0.3, 0.4) is 0 Å². The van der Waals surface area contributed by atoms with Crippen molar-refractivity contribution in [2.24, 2.45) is 5.92 Å². The Hall–Kier alpha value is -1.25. The van der Waals surface area contributed by atoms with E-state index in [1.54, 1.807) is 0 Å².